The second kappa shape index (κ2) is 7.44. The molecule has 128 valence electrons. The molecule has 24 heavy (non-hydrogen) atoms. The summed E-state index contributed by atoms with van der Waals surface area (Å²) in [5.74, 6) is -1.34. The number of carbonyl (C=O) groups excluding carboxylic acids is 1. The van der Waals surface area contributed by atoms with Gasteiger partial charge in [-0.3, -0.25) is 0 Å². The molecule has 0 bridgehead atoms. The predicted octanol–water partition coefficient (Wildman–Crippen LogP) is 3.77. The molecular weight excluding hydrogens is 318 g/mol. The van der Waals surface area contributed by atoms with E-state index in [-0.39, 0.29) is 18.3 Å². The van der Waals surface area contributed by atoms with Crippen molar-refractivity contribution in [3.05, 3.63) is 54.0 Å². The van der Waals surface area contributed by atoms with Crippen molar-refractivity contribution in [3.8, 4) is 0 Å². The topological polar surface area (TPSA) is 54.7 Å². The number of rotatable bonds is 5. The quantitative estimate of drug-likeness (QED) is 0.904. The second-order valence-electron chi connectivity index (χ2n) is 5.65. The monoisotopic (exact) mass is 336 g/mol. The Hall–Kier alpha value is -2.41. The molecule has 0 aliphatic carbocycles. The van der Waals surface area contributed by atoms with Gasteiger partial charge in [0.2, 0.25) is 0 Å². The van der Waals surface area contributed by atoms with Crippen LogP contribution in [0.25, 0.3) is 0 Å². The zero-order chi connectivity index (χ0) is 16.9. The Kier molecular flexibility index (Phi) is 5.10. The number of anilines is 1. The maximum atomic E-state index is 13.3. The number of nitrogens with zero attached hydrogens (tertiary/aromatic N) is 1. The number of urea groups is 1. The van der Waals surface area contributed by atoms with Crippen molar-refractivity contribution in [2.24, 2.45) is 0 Å². The van der Waals surface area contributed by atoms with Gasteiger partial charge in [0, 0.05) is 24.9 Å². The normalized spacial score (nSPS) is 17.0. The van der Waals surface area contributed by atoms with Crippen molar-refractivity contribution in [2.75, 3.05) is 18.5 Å². The van der Waals surface area contributed by atoms with Gasteiger partial charge in [0.25, 0.3) is 0 Å². The molecule has 1 aromatic carbocycles. The van der Waals surface area contributed by atoms with Crippen LogP contribution in [-0.2, 0) is 11.3 Å². The maximum Gasteiger partial charge on any atom is 0.322 e. The van der Waals surface area contributed by atoms with Gasteiger partial charge in [-0.1, -0.05) is 0 Å². The van der Waals surface area contributed by atoms with Crippen molar-refractivity contribution in [1.82, 2.24) is 4.90 Å². The van der Waals surface area contributed by atoms with E-state index in [0.717, 1.165) is 25.0 Å². The lowest BCUT2D eigenvalue weighted by Crippen LogP contribution is -2.39. The molecule has 1 atom stereocenters. The minimum atomic E-state index is -1.01. The average Bonchev–Trinajstić information content (AvgIpc) is 3.24. The fourth-order valence-corrected chi connectivity index (χ4v) is 2.62. The smallest absolute Gasteiger partial charge is 0.322 e. The highest BCUT2D eigenvalue weighted by molar-refractivity contribution is 5.89. The Labute approximate surface area is 138 Å². The van der Waals surface area contributed by atoms with Crippen LogP contribution in [0.15, 0.2) is 41.0 Å². The fraction of sp³-hybridized carbons (Fsp3) is 0.353. The molecule has 0 radical (unpaired) electrons. The van der Waals surface area contributed by atoms with Crippen molar-refractivity contribution in [1.29, 1.82) is 0 Å². The number of hydrogen-bond donors (Lipinski definition) is 1. The number of furan rings is 1. The van der Waals surface area contributed by atoms with Gasteiger partial charge in [-0.25, -0.2) is 13.6 Å². The molecule has 1 aliphatic rings. The van der Waals surface area contributed by atoms with Crippen molar-refractivity contribution >= 4 is 11.7 Å². The van der Waals surface area contributed by atoms with Crippen LogP contribution in [0, 0.1) is 11.6 Å². The van der Waals surface area contributed by atoms with Crippen LogP contribution in [0.5, 0.6) is 0 Å². The molecule has 1 saturated heterocycles. The molecule has 1 aromatic heterocycles. The molecule has 1 N–H and O–H groups in total. The molecule has 1 fully saturated rings. The van der Waals surface area contributed by atoms with Crippen LogP contribution in [0.3, 0.4) is 0 Å². The van der Waals surface area contributed by atoms with Crippen molar-refractivity contribution in [3.63, 3.8) is 0 Å². The van der Waals surface area contributed by atoms with E-state index in [2.05, 4.69) is 5.32 Å². The van der Waals surface area contributed by atoms with E-state index in [4.69, 9.17) is 9.15 Å². The number of hydrogen-bond acceptors (Lipinski definition) is 3. The molecular formula is C17H18F2N2O3. The maximum absolute atomic E-state index is 13.3. The summed E-state index contributed by atoms with van der Waals surface area (Å²) in [5, 5.41) is 2.58. The van der Waals surface area contributed by atoms with Crippen LogP contribution in [0.1, 0.15) is 18.6 Å². The first-order valence-electron chi connectivity index (χ1n) is 7.77. The summed E-state index contributed by atoms with van der Waals surface area (Å²) in [4.78, 5) is 14.1. The lowest BCUT2D eigenvalue weighted by Gasteiger charge is -2.25. The minimum absolute atomic E-state index is 0.0318. The molecule has 2 amide bonds. The summed E-state index contributed by atoms with van der Waals surface area (Å²) in [6.45, 7) is 1.35. The highest BCUT2D eigenvalue weighted by atomic mass is 19.2. The molecule has 0 saturated carbocycles. The summed E-state index contributed by atoms with van der Waals surface area (Å²) in [6, 6.07) is 6.33. The van der Waals surface area contributed by atoms with Crippen molar-refractivity contribution < 1.29 is 22.7 Å². The Morgan fingerprint density at radius 1 is 1.29 bits per heavy atom. The second-order valence-corrected chi connectivity index (χ2v) is 5.65. The molecule has 3 rings (SSSR count). The lowest BCUT2D eigenvalue weighted by atomic mass is 10.2. The van der Waals surface area contributed by atoms with E-state index in [9.17, 15) is 13.6 Å². The van der Waals surface area contributed by atoms with Crippen molar-refractivity contribution in [2.45, 2.75) is 25.5 Å². The molecule has 0 unspecified atom stereocenters. The Balaban J connectivity index is 1.70. The van der Waals surface area contributed by atoms with Crippen LogP contribution in [0.4, 0.5) is 19.3 Å². The van der Waals surface area contributed by atoms with Gasteiger partial charge in [-0.05, 0) is 37.1 Å². The van der Waals surface area contributed by atoms with E-state index < -0.39 is 17.7 Å². The molecule has 0 spiro atoms. The first kappa shape index (κ1) is 16.4. The highest BCUT2D eigenvalue weighted by Crippen LogP contribution is 2.18. The number of carbonyl (C=O) groups is 1. The third-order valence-electron chi connectivity index (χ3n) is 3.83. The van der Waals surface area contributed by atoms with E-state index in [1.54, 1.807) is 12.1 Å². The molecule has 2 heterocycles. The summed E-state index contributed by atoms with van der Waals surface area (Å²) >= 11 is 0. The standard InChI is InChI=1S/C17H18F2N2O3/c18-15-6-5-12(9-16(15)19)20-17(22)21(10-13-3-1-7-23-13)11-14-4-2-8-24-14/h1,3,5-7,9,14H,2,4,8,10-11H2,(H,20,22)/t14-/m1/s1. The van der Waals surface area contributed by atoms with Gasteiger partial charge < -0.3 is 19.4 Å². The zero-order valence-corrected chi connectivity index (χ0v) is 13.0. The first-order chi connectivity index (χ1) is 11.6. The zero-order valence-electron chi connectivity index (χ0n) is 13.0. The van der Waals surface area contributed by atoms with Gasteiger partial charge in [0.1, 0.15) is 5.76 Å². The Morgan fingerprint density at radius 2 is 2.17 bits per heavy atom. The Bertz CT molecular complexity index is 685. The summed E-state index contributed by atoms with van der Waals surface area (Å²) in [5.41, 5.74) is 0.190. The van der Waals surface area contributed by atoms with E-state index in [1.165, 1.54) is 17.2 Å². The van der Waals surface area contributed by atoms with E-state index in [0.29, 0.717) is 18.9 Å². The van der Waals surface area contributed by atoms with Gasteiger partial charge >= 0.3 is 6.03 Å². The van der Waals surface area contributed by atoms with Crippen LogP contribution in [-0.4, -0.2) is 30.2 Å². The molecule has 7 heteroatoms. The summed E-state index contributed by atoms with van der Waals surface area (Å²) in [6.07, 6.45) is 3.35. The summed E-state index contributed by atoms with van der Waals surface area (Å²) in [7, 11) is 0. The molecule has 2 aromatic rings. The summed E-state index contributed by atoms with van der Waals surface area (Å²) < 4.78 is 37.1. The number of halogens is 2. The minimum Gasteiger partial charge on any atom is -0.467 e. The molecule has 1 aliphatic heterocycles. The predicted molar refractivity (Wildman–Crippen MR) is 83.5 cm³/mol. The third-order valence-corrected chi connectivity index (χ3v) is 3.83. The lowest BCUT2D eigenvalue weighted by molar-refractivity contribution is 0.0803. The van der Waals surface area contributed by atoms with E-state index in [1.807, 2.05) is 0 Å². The fourth-order valence-electron chi connectivity index (χ4n) is 2.62. The number of benzene rings is 1. The van der Waals surface area contributed by atoms with Crippen LogP contribution >= 0.6 is 0 Å². The van der Waals surface area contributed by atoms with Gasteiger partial charge in [-0.2, -0.15) is 0 Å². The highest BCUT2D eigenvalue weighted by Gasteiger charge is 2.23. The first-order valence-corrected chi connectivity index (χ1v) is 7.77. The van der Waals surface area contributed by atoms with Gasteiger partial charge in [0.15, 0.2) is 11.6 Å². The SMILES string of the molecule is O=C(Nc1ccc(F)c(F)c1)N(Cc1ccco1)C[C@H]1CCCO1. The Morgan fingerprint density at radius 3 is 2.83 bits per heavy atom. The number of nitrogens with one attached hydrogen (secondary N) is 1. The van der Waals surface area contributed by atoms with Crippen LogP contribution in [0.2, 0.25) is 0 Å². The largest absolute Gasteiger partial charge is 0.467 e. The average molecular weight is 336 g/mol. The number of amides is 2. The van der Waals surface area contributed by atoms with Gasteiger partial charge in [-0.15, -0.1) is 0 Å². The third kappa shape index (κ3) is 4.11. The molecule has 5 nitrogen and oxygen atoms in total. The van der Waals surface area contributed by atoms with Crippen LogP contribution < -0.4 is 5.32 Å². The van der Waals surface area contributed by atoms with E-state index >= 15 is 0 Å². The van der Waals surface area contributed by atoms with Gasteiger partial charge in [0.05, 0.1) is 18.9 Å². The number of ether oxygens (including phenoxy) is 1.